The zero-order valence-electron chi connectivity index (χ0n) is 17.3. The second-order valence-electron chi connectivity index (χ2n) is 11.6. The van der Waals surface area contributed by atoms with Gasteiger partial charge in [-0.1, -0.05) is 6.58 Å². The summed E-state index contributed by atoms with van der Waals surface area (Å²) >= 11 is 0. The largest absolute Gasteiger partial charge is 0.456 e. The summed E-state index contributed by atoms with van der Waals surface area (Å²) < 4.78 is 6.08. The van der Waals surface area contributed by atoms with Crippen molar-refractivity contribution in [3.8, 4) is 0 Å². The molecule has 6 aliphatic rings. The van der Waals surface area contributed by atoms with Gasteiger partial charge < -0.3 is 9.84 Å². The third kappa shape index (κ3) is 2.46. The predicted octanol–water partition coefficient (Wildman–Crippen LogP) is 4.88. The number of rotatable bonds is 4. The summed E-state index contributed by atoms with van der Waals surface area (Å²) in [5.41, 5.74) is 0.389. The quantitative estimate of drug-likeness (QED) is 0.565. The molecule has 6 aliphatic carbocycles. The van der Waals surface area contributed by atoms with Gasteiger partial charge in [0.2, 0.25) is 0 Å². The summed E-state index contributed by atoms with van der Waals surface area (Å²) in [5.74, 6) is 3.04. The molecule has 6 rings (SSSR count). The number of aliphatic hydroxyl groups is 1. The molecule has 3 heteroatoms. The minimum Gasteiger partial charge on any atom is -0.456 e. The number of carbonyl (C=O) groups excluding carboxylic acids is 1. The summed E-state index contributed by atoms with van der Waals surface area (Å²) in [7, 11) is 0. The van der Waals surface area contributed by atoms with Crippen molar-refractivity contribution >= 4 is 5.97 Å². The molecule has 6 saturated carbocycles. The van der Waals surface area contributed by atoms with Crippen LogP contribution in [0.3, 0.4) is 0 Å². The van der Waals surface area contributed by atoms with Crippen LogP contribution < -0.4 is 0 Å². The zero-order valence-corrected chi connectivity index (χ0v) is 17.3. The summed E-state index contributed by atoms with van der Waals surface area (Å²) in [6, 6.07) is 0. The molecule has 0 radical (unpaired) electrons. The van der Waals surface area contributed by atoms with Crippen molar-refractivity contribution in [2.75, 3.05) is 0 Å². The van der Waals surface area contributed by atoms with Gasteiger partial charge in [-0.3, -0.25) is 0 Å². The van der Waals surface area contributed by atoms with Crippen LogP contribution >= 0.6 is 0 Å². The molecule has 150 valence electrons. The van der Waals surface area contributed by atoms with Crippen molar-refractivity contribution in [3.05, 3.63) is 12.2 Å². The fourth-order valence-corrected chi connectivity index (χ4v) is 8.98. The summed E-state index contributed by atoms with van der Waals surface area (Å²) in [6.07, 6.45) is 11.2. The second-order valence-corrected chi connectivity index (χ2v) is 11.6. The van der Waals surface area contributed by atoms with E-state index in [0.717, 1.165) is 24.2 Å². The molecular weight excluding hydrogens is 336 g/mol. The van der Waals surface area contributed by atoms with Crippen LogP contribution in [-0.4, -0.2) is 22.8 Å². The van der Waals surface area contributed by atoms with Gasteiger partial charge in [0, 0.05) is 11.0 Å². The van der Waals surface area contributed by atoms with Gasteiger partial charge in [-0.05, 0) is 114 Å². The fraction of sp³-hybridized carbons (Fsp3) is 0.875. The molecule has 3 nitrogen and oxygen atoms in total. The Bertz CT molecular complexity index is 661. The average molecular weight is 373 g/mol. The predicted molar refractivity (Wildman–Crippen MR) is 105 cm³/mol. The maximum atomic E-state index is 12.4. The number of hydrogen-bond donors (Lipinski definition) is 1. The van der Waals surface area contributed by atoms with Gasteiger partial charge in [0.1, 0.15) is 5.60 Å². The van der Waals surface area contributed by atoms with Crippen molar-refractivity contribution in [3.63, 3.8) is 0 Å². The van der Waals surface area contributed by atoms with E-state index in [0.29, 0.717) is 17.4 Å². The Kier molecular flexibility index (Phi) is 3.79. The van der Waals surface area contributed by atoms with Crippen LogP contribution in [0.15, 0.2) is 12.2 Å². The number of hydrogen-bond acceptors (Lipinski definition) is 3. The van der Waals surface area contributed by atoms with E-state index >= 15 is 0 Å². The molecule has 6 fully saturated rings. The van der Waals surface area contributed by atoms with E-state index in [2.05, 4.69) is 20.4 Å². The zero-order chi connectivity index (χ0) is 19.2. The number of carbonyl (C=O) groups is 1. The molecule has 0 spiro atoms. The van der Waals surface area contributed by atoms with Crippen LogP contribution in [0, 0.1) is 40.4 Å². The minimum absolute atomic E-state index is 0.0732. The highest BCUT2D eigenvalue weighted by Gasteiger charge is 2.68. The van der Waals surface area contributed by atoms with E-state index in [1.165, 1.54) is 51.4 Å². The van der Waals surface area contributed by atoms with Gasteiger partial charge in [0.05, 0.1) is 6.10 Å². The maximum absolute atomic E-state index is 12.4. The van der Waals surface area contributed by atoms with Crippen molar-refractivity contribution in [1.29, 1.82) is 0 Å². The Morgan fingerprint density at radius 3 is 2.26 bits per heavy atom. The van der Waals surface area contributed by atoms with Crippen molar-refractivity contribution in [2.45, 2.75) is 90.3 Å². The maximum Gasteiger partial charge on any atom is 0.333 e. The van der Waals surface area contributed by atoms with Crippen LogP contribution in [-0.2, 0) is 9.53 Å². The summed E-state index contributed by atoms with van der Waals surface area (Å²) in [4.78, 5) is 12.4. The Morgan fingerprint density at radius 2 is 1.70 bits per heavy atom. The fourth-order valence-electron chi connectivity index (χ4n) is 8.98. The average Bonchev–Trinajstić information content (AvgIpc) is 3.13. The lowest BCUT2D eigenvalue weighted by molar-refractivity contribution is -0.230. The summed E-state index contributed by atoms with van der Waals surface area (Å²) in [6.45, 7) is 9.82. The third-order valence-electron chi connectivity index (χ3n) is 9.66. The van der Waals surface area contributed by atoms with Gasteiger partial charge in [-0.15, -0.1) is 0 Å². The van der Waals surface area contributed by atoms with Crippen molar-refractivity contribution in [2.24, 2.45) is 40.4 Å². The first-order chi connectivity index (χ1) is 12.6. The minimum atomic E-state index is -0.464. The number of fused-ring (bicyclic) bond motifs is 2. The molecule has 6 atom stereocenters. The van der Waals surface area contributed by atoms with E-state index in [9.17, 15) is 9.90 Å². The molecule has 0 saturated heterocycles. The van der Waals surface area contributed by atoms with E-state index in [-0.39, 0.29) is 22.9 Å². The molecule has 0 aliphatic heterocycles. The number of esters is 1. The molecular formula is C24H36O3. The van der Waals surface area contributed by atoms with Gasteiger partial charge in [0.15, 0.2) is 0 Å². The Morgan fingerprint density at radius 1 is 1.07 bits per heavy atom. The monoisotopic (exact) mass is 372 g/mol. The van der Waals surface area contributed by atoms with E-state index in [1.54, 1.807) is 6.92 Å². The van der Waals surface area contributed by atoms with E-state index in [1.807, 2.05) is 0 Å². The van der Waals surface area contributed by atoms with Crippen LogP contribution in [0.5, 0.6) is 0 Å². The smallest absolute Gasteiger partial charge is 0.333 e. The van der Waals surface area contributed by atoms with E-state index in [4.69, 9.17) is 4.74 Å². The Labute approximate surface area is 163 Å². The van der Waals surface area contributed by atoms with Gasteiger partial charge in [-0.25, -0.2) is 4.79 Å². The SMILES string of the molecule is C=C(C)C(=O)OC(C)(C)C12CC3CC(CC(C4C5CCC(C5)C4O)(C3)C1)C2. The lowest BCUT2D eigenvalue weighted by atomic mass is 9.38. The number of aliphatic hydroxyl groups excluding tert-OH is 1. The first-order valence-electron chi connectivity index (χ1n) is 11.2. The molecule has 0 aromatic rings. The Hall–Kier alpha value is -0.830. The first kappa shape index (κ1) is 18.2. The molecule has 1 N–H and O–H groups in total. The molecule has 6 unspecified atom stereocenters. The normalized spacial score (nSPS) is 50.2. The topological polar surface area (TPSA) is 46.5 Å². The Balaban J connectivity index is 1.49. The van der Waals surface area contributed by atoms with Crippen LogP contribution in [0.25, 0.3) is 0 Å². The summed E-state index contributed by atoms with van der Waals surface area (Å²) in [5, 5.41) is 11.1. The second kappa shape index (κ2) is 5.62. The van der Waals surface area contributed by atoms with Crippen LogP contribution in [0.2, 0.25) is 0 Å². The molecule has 27 heavy (non-hydrogen) atoms. The lowest BCUT2D eigenvalue weighted by Gasteiger charge is -2.68. The molecule has 0 heterocycles. The highest BCUT2D eigenvalue weighted by Crippen LogP contribution is 2.73. The van der Waals surface area contributed by atoms with Gasteiger partial charge in [-0.2, -0.15) is 0 Å². The van der Waals surface area contributed by atoms with Crippen molar-refractivity contribution < 1.29 is 14.6 Å². The van der Waals surface area contributed by atoms with Gasteiger partial charge >= 0.3 is 5.97 Å². The lowest BCUT2D eigenvalue weighted by Crippen LogP contribution is -2.63. The highest BCUT2D eigenvalue weighted by molar-refractivity contribution is 5.87. The third-order valence-corrected chi connectivity index (χ3v) is 9.66. The number of ether oxygens (including phenoxy) is 1. The van der Waals surface area contributed by atoms with Gasteiger partial charge in [0.25, 0.3) is 0 Å². The van der Waals surface area contributed by atoms with Crippen molar-refractivity contribution in [1.82, 2.24) is 0 Å². The highest BCUT2D eigenvalue weighted by atomic mass is 16.6. The molecule has 0 amide bonds. The standard InChI is InChI=1S/C24H36O3/c1-14(2)21(26)27-22(3,4)24-11-15-7-16(12-24)10-23(9-15,13-24)19-17-5-6-18(8-17)20(19)25/h15-20,25H,1,5-13H2,2-4H3. The molecule has 0 aromatic carbocycles. The van der Waals surface area contributed by atoms with Crippen LogP contribution in [0.1, 0.15) is 78.6 Å². The first-order valence-corrected chi connectivity index (χ1v) is 11.2. The molecule has 6 bridgehead atoms. The van der Waals surface area contributed by atoms with E-state index < -0.39 is 5.60 Å². The van der Waals surface area contributed by atoms with Crippen LogP contribution in [0.4, 0.5) is 0 Å². The molecule has 0 aromatic heterocycles.